The number of hydrogen-bond donors (Lipinski definition) is 1. The fraction of sp³-hybridized carbons (Fsp3) is 0.753. The first-order valence-corrected chi connectivity index (χ1v) is 40.2. The number of oxazole rings is 1. The largest absolute Gasteiger partial charge is 0.511 e. The molecule has 3 atom stereocenters. The van der Waals surface area contributed by atoms with Gasteiger partial charge >= 0.3 is 15.5 Å². The van der Waals surface area contributed by atoms with Crippen LogP contribution in [0.25, 0.3) is 0 Å². The Morgan fingerprint density at radius 2 is 1.03 bits per heavy atom. The lowest BCUT2D eigenvalue weighted by molar-refractivity contribution is -0.0498. The molecule has 1 unspecified atom stereocenters. The lowest BCUT2D eigenvalue weighted by atomic mass is 9.75. The number of benzene rings is 1. The van der Waals surface area contributed by atoms with E-state index in [0.29, 0.717) is 55.8 Å². The number of anilines is 1. The number of likely N-dealkylation sites (tertiary alicyclic amines) is 3. The van der Waals surface area contributed by atoms with Crippen LogP contribution < -0.4 is 10.2 Å². The van der Waals surface area contributed by atoms with E-state index in [2.05, 4.69) is 141 Å². The van der Waals surface area contributed by atoms with Crippen LogP contribution >= 0.6 is 0 Å². The summed E-state index contributed by atoms with van der Waals surface area (Å²) in [5.74, 6) is 7.69. The van der Waals surface area contributed by atoms with Crippen molar-refractivity contribution in [2.45, 2.75) is 236 Å². The van der Waals surface area contributed by atoms with Crippen molar-refractivity contribution < 1.29 is 34.4 Å². The maximum atomic E-state index is 12.2. The Kier molecular flexibility index (Phi) is 31.6. The van der Waals surface area contributed by atoms with Gasteiger partial charge in [-0.2, -0.15) is 22.7 Å². The minimum Gasteiger partial charge on any atom is -0.451 e. The fourth-order valence-electron chi connectivity index (χ4n) is 15.2. The van der Waals surface area contributed by atoms with Crippen LogP contribution in [0.15, 0.2) is 83.0 Å². The second kappa shape index (κ2) is 37.6. The SMILES string of the molecule is CC(C)(C)C1CCN(Cc2cccc(S(C)(=O)=O)c2)CC1.CC(C)(C)C1CCN(Cc2cnccn2)CC1.CC(C)(C)C1CCN(Cc2cocn2)CC1.CC(C)C1CCN(S(=O)(=O)C(F)(F)F)CC1.CC(C)C1CCN(c2cccc(C#N)n2)CC1.CC(C)C1C[C@H]2CC[C@@H](C1)N2. The predicted molar refractivity (Wildman–Crippen MR) is 391 cm³/mol. The molecule has 0 radical (unpaired) electrons. The number of hydrogen-bond acceptors (Lipinski definition) is 15. The molecule has 7 saturated heterocycles. The highest BCUT2D eigenvalue weighted by atomic mass is 32.2. The van der Waals surface area contributed by atoms with Crippen molar-refractivity contribution in [3.8, 4) is 6.07 Å². The van der Waals surface area contributed by atoms with Gasteiger partial charge in [0.15, 0.2) is 16.2 Å². The minimum atomic E-state index is -5.17. The summed E-state index contributed by atoms with van der Waals surface area (Å²) in [6, 6.07) is 16.9. The van der Waals surface area contributed by atoms with Crippen LogP contribution in [0.4, 0.5) is 19.0 Å². The van der Waals surface area contributed by atoms with Crippen LogP contribution in [0, 0.1) is 80.8 Å². The van der Waals surface area contributed by atoms with E-state index in [1.54, 1.807) is 30.8 Å². The van der Waals surface area contributed by atoms with Crippen molar-refractivity contribution in [1.29, 1.82) is 5.26 Å². The molecular weight excluding hydrogens is 1280 g/mol. The van der Waals surface area contributed by atoms with E-state index in [-0.39, 0.29) is 13.1 Å². The molecule has 0 spiro atoms. The molecule has 1 aromatic carbocycles. The summed E-state index contributed by atoms with van der Waals surface area (Å²) < 4.78 is 87.7. The Hall–Kier alpha value is -4.56. The third-order valence-corrected chi connectivity index (χ3v) is 25.0. The molecule has 7 aliphatic rings. The van der Waals surface area contributed by atoms with E-state index in [9.17, 15) is 30.0 Å². The maximum Gasteiger partial charge on any atom is 0.511 e. The number of alkyl halides is 3. The van der Waals surface area contributed by atoms with Crippen molar-refractivity contribution in [3.05, 3.63) is 96.4 Å². The van der Waals surface area contributed by atoms with Crippen LogP contribution in [0.2, 0.25) is 0 Å². The highest BCUT2D eigenvalue weighted by molar-refractivity contribution is 7.90. The topological polar surface area (TPSA) is 185 Å². The highest BCUT2D eigenvalue weighted by Gasteiger charge is 2.50. The Bertz CT molecular complexity index is 3190. The average Bonchev–Trinajstić information content (AvgIpc) is 1.09. The molecule has 0 amide bonds. The molecule has 7 fully saturated rings. The van der Waals surface area contributed by atoms with Gasteiger partial charge < -0.3 is 14.6 Å². The first-order chi connectivity index (χ1) is 45.9. The number of fused-ring (bicyclic) bond motifs is 2. The molecule has 98 heavy (non-hydrogen) atoms. The van der Waals surface area contributed by atoms with Gasteiger partial charge in [-0.1, -0.05) is 122 Å². The number of halogens is 3. The second-order valence-corrected chi connectivity index (χ2v) is 37.4. The summed E-state index contributed by atoms with van der Waals surface area (Å²) in [4.78, 5) is 27.1. The molecule has 1 N–H and O–H groups in total. The Balaban J connectivity index is 0.000000187. The Labute approximate surface area is 590 Å². The smallest absolute Gasteiger partial charge is 0.451 e. The predicted octanol–water partition coefficient (Wildman–Crippen LogP) is 16.2. The highest BCUT2D eigenvalue weighted by Crippen LogP contribution is 2.39. The molecule has 21 heteroatoms. The lowest BCUT2D eigenvalue weighted by Crippen LogP contribution is -2.45. The van der Waals surface area contributed by atoms with Crippen molar-refractivity contribution in [3.63, 3.8) is 0 Å². The van der Waals surface area contributed by atoms with Gasteiger partial charge in [0, 0.05) is 82.7 Å². The molecule has 4 aromatic rings. The third kappa shape index (κ3) is 27.0. The second-order valence-electron chi connectivity index (χ2n) is 33.5. The number of aromatic nitrogens is 4. The van der Waals surface area contributed by atoms with E-state index in [4.69, 9.17) is 9.68 Å². The fourth-order valence-corrected chi connectivity index (χ4v) is 16.9. The van der Waals surface area contributed by atoms with E-state index >= 15 is 0 Å². The number of sulfone groups is 1. The van der Waals surface area contributed by atoms with E-state index in [1.807, 2.05) is 50.4 Å². The van der Waals surface area contributed by atoms with Gasteiger partial charge in [-0.05, 0) is 228 Å². The number of piperidine rings is 6. The van der Waals surface area contributed by atoms with Gasteiger partial charge in [-0.3, -0.25) is 24.7 Å². The molecule has 2 bridgehead atoms. The van der Waals surface area contributed by atoms with E-state index < -0.39 is 25.4 Å². The van der Waals surface area contributed by atoms with Gasteiger partial charge in [0.1, 0.15) is 23.8 Å². The van der Waals surface area contributed by atoms with Gasteiger partial charge in [0.05, 0.1) is 16.3 Å². The third-order valence-electron chi connectivity index (χ3n) is 22.2. The van der Waals surface area contributed by atoms with Crippen LogP contribution in [-0.4, -0.2) is 145 Å². The van der Waals surface area contributed by atoms with E-state index in [0.717, 1.165) is 122 Å². The Morgan fingerprint density at radius 3 is 1.44 bits per heavy atom. The number of rotatable bonds is 12. The quantitative estimate of drug-likeness (QED) is 0.141. The normalized spacial score (nSPS) is 22.1. The number of sulfonamides is 1. The number of nitriles is 1. The van der Waals surface area contributed by atoms with Gasteiger partial charge in [0.25, 0.3) is 0 Å². The minimum absolute atomic E-state index is 0.0231. The molecule has 11 rings (SSSR count). The Morgan fingerprint density at radius 1 is 0.571 bits per heavy atom. The average molecular weight is 1410 g/mol. The molecular formula is C77H126F3N11O5S2. The van der Waals surface area contributed by atoms with Crippen molar-refractivity contribution >= 4 is 25.7 Å². The molecule has 0 aliphatic carbocycles. The summed E-state index contributed by atoms with van der Waals surface area (Å²) in [7, 11) is -8.23. The van der Waals surface area contributed by atoms with Crippen LogP contribution in [0.3, 0.4) is 0 Å². The molecule has 16 nitrogen and oxygen atoms in total. The van der Waals surface area contributed by atoms with Gasteiger partial charge in [-0.15, -0.1) is 0 Å². The lowest BCUT2D eigenvalue weighted by Gasteiger charge is -2.38. The van der Waals surface area contributed by atoms with Crippen molar-refractivity contribution in [2.75, 3.05) is 76.6 Å². The summed E-state index contributed by atoms with van der Waals surface area (Å²) in [6.45, 7) is 46.2. The van der Waals surface area contributed by atoms with Gasteiger partial charge in [-0.25, -0.2) is 26.8 Å². The standard InChI is InChI=1S/C17H27NO2S.C14H23N3.C14H19N3.C13H22N2O.C10H19N.C9H16F3NO2S/c1-17(2,3)15-8-10-18(11-9-15)13-14-6-5-7-16(12-14)21(4,19)20;1-14(2,3)12-4-8-17(9-5-12)11-13-10-15-6-7-16-13;1-11(2)12-6-8-17(9-7-12)14-5-3-4-13(10-15)16-14;1-13(2,3)11-4-6-15(7-5-11)8-12-9-16-10-14-12;1-7(2)8-5-9-3-4-10(6-8)11-9;1-7(2)8-3-5-13(6-4-8)16(14,15)9(10,11)12/h5-7,12,15H,8-11,13H2,1-4H3;6-7,10,12H,4-5,8-9,11H2,1-3H3;3-5,11-12H,6-9H2,1-2H3;9-11H,4-8H2,1-3H3;7-11H,3-6H2,1-2H3;7-8H,3-6H2,1-2H3/t;;;;8?,9-,10+;. The first-order valence-electron chi connectivity index (χ1n) is 36.9. The summed E-state index contributed by atoms with van der Waals surface area (Å²) in [5, 5.41) is 12.5. The zero-order valence-corrected chi connectivity index (χ0v) is 64.5. The number of nitrogens with zero attached hydrogens (tertiary/aromatic N) is 10. The first kappa shape index (κ1) is 82.4. The maximum absolute atomic E-state index is 12.2. The number of nitrogens with one attached hydrogen (secondary N) is 1. The zero-order valence-electron chi connectivity index (χ0n) is 62.8. The van der Waals surface area contributed by atoms with Crippen molar-refractivity contribution in [1.82, 2.24) is 44.3 Å². The molecule has 552 valence electrons. The monoisotopic (exact) mass is 1410 g/mol. The summed E-state index contributed by atoms with van der Waals surface area (Å²) in [6.07, 6.45) is 26.8. The van der Waals surface area contributed by atoms with Crippen LogP contribution in [-0.2, 0) is 39.5 Å². The van der Waals surface area contributed by atoms with Crippen molar-refractivity contribution in [2.24, 2.45) is 69.5 Å². The van der Waals surface area contributed by atoms with E-state index in [1.165, 1.54) is 116 Å². The zero-order chi connectivity index (χ0) is 72.2. The van der Waals surface area contributed by atoms with Gasteiger partial charge in [0.2, 0.25) is 0 Å². The summed E-state index contributed by atoms with van der Waals surface area (Å²) in [5.41, 5.74) is -0.130. The van der Waals surface area contributed by atoms with Crippen LogP contribution in [0.5, 0.6) is 0 Å². The number of pyridine rings is 1. The molecule has 0 saturated carbocycles. The summed E-state index contributed by atoms with van der Waals surface area (Å²) >= 11 is 0. The molecule has 3 aromatic heterocycles. The molecule has 10 heterocycles. The molecule has 7 aliphatic heterocycles. The van der Waals surface area contributed by atoms with Crippen LogP contribution in [0.1, 0.15) is 216 Å².